The monoisotopic (exact) mass is 288 g/mol. The first-order chi connectivity index (χ1) is 10.2. The van der Waals surface area contributed by atoms with Crippen LogP contribution < -0.4 is 10.3 Å². The number of aliphatic hydroxyl groups is 1. The topological polar surface area (TPSA) is 75.2 Å². The number of aromatic nitrogens is 2. The summed E-state index contributed by atoms with van der Waals surface area (Å²) in [4.78, 5) is 19.2. The number of aryl methyl sites for hydroxylation is 1. The fourth-order valence-electron chi connectivity index (χ4n) is 2.11. The standard InChI is InChI=1S/C16H20N2O3/c1-3-9-21-13-6-4-5-12(10-13)15-17-11(2)14(7-8-19)16(20)18-15/h4-6,10,19H,3,7-9H2,1-2H3,(H,17,18,20). The van der Waals surface area contributed by atoms with Crippen LogP contribution in [0.2, 0.25) is 0 Å². The zero-order valence-corrected chi connectivity index (χ0v) is 12.3. The van der Waals surface area contributed by atoms with Crippen LogP contribution in [-0.2, 0) is 6.42 Å². The van der Waals surface area contributed by atoms with Crippen molar-refractivity contribution in [1.82, 2.24) is 9.97 Å². The van der Waals surface area contributed by atoms with Crippen LogP contribution >= 0.6 is 0 Å². The summed E-state index contributed by atoms with van der Waals surface area (Å²) in [6.45, 7) is 4.42. The van der Waals surface area contributed by atoms with Gasteiger partial charge in [0.2, 0.25) is 0 Å². The van der Waals surface area contributed by atoms with Gasteiger partial charge in [0, 0.05) is 29.8 Å². The summed E-state index contributed by atoms with van der Waals surface area (Å²) in [5.74, 6) is 1.27. The molecule has 0 bridgehead atoms. The summed E-state index contributed by atoms with van der Waals surface area (Å²) >= 11 is 0. The Morgan fingerprint density at radius 3 is 2.86 bits per heavy atom. The van der Waals surface area contributed by atoms with Crippen LogP contribution in [-0.4, -0.2) is 28.3 Å². The Morgan fingerprint density at radius 2 is 2.19 bits per heavy atom. The highest BCUT2D eigenvalue weighted by Crippen LogP contribution is 2.21. The lowest BCUT2D eigenvalue weighted by molar-refractivity contribution is 0.298. The molecule has 0 spiro atoms. The molecule has 0 atom stereocenters. The summed E-state index contributed by atoms with van der Waals surface area (Å²) in [5.41, 5.74) is 1.77. The first-order valence-corrected chi connectivity index (χ1v) is 7.09. The van der Waals surface area contributed by atoms with Crippen LogP contribution in [0.15, 0.2) is 29.1 Å². The van der Waals surface area contributed by atoms with Gasteiger partial charge < -0.3 is 14.8 Å². The van der Waals surface area contributed by atoms with Gasteiger partial charge in [-0.2, -0.15) is 0 Å². The van der Waals surface area contributed by atoms with Gasteiger partial charge in [0.05, 0.1) is 6.61 Å². The van der Waals surface area contributed by atoms with Crippen LogP contribution in [0, 0.1) is 6.92 Å². The Morgan fingerprint density at radius 1 is 1.38 bits per heavy atom. The molecule has 1 aromatic heterocycles. The lowest BCUT2D eigenvalue weighted by atomic mass is 10.1. The van der Waals surface area contributed by atoms with Gasteiger partial charge in [0.15, 0.2) is 0 Å². The summed E-state index contributed by atoms with van der Waals surface area (Å²) < 4.78 is 5.59. The van der Waals surface area contributed by atoms with Gasteiger partial charge in [-0.15, -0.1) is 0 Å². The number of hydrogen-bond donors (Lipinski definition) is 2. The van der Waals surface area contributed by atoms with Gasteiger partial charge in [-0.1, -0.05) is 19.1 Å². The van der Waals surface area contributed by atoms with E-state index in [9.17, 15) is 4.79 Å². The maximum atomic E-state index is 12.0. The van der Waals surface area contributed by atoms with E-state index in [-0.39, 0.29) is 12.2 Å². The van der Waals surface area contributed by atoms with Crippen molar-refractivity contribution in [3.05, 3.63) is 45.9 Å². The predicted octanol–water partition coefficient (Wildman–Crippen LogP) is 2.07. The summed E-state index contributed by atoms with van der Waals surface area (Å²) in [5, 5.41) is 8.98. The number of H-pyrrole nitrogens is 1. The van der Waals surface area contributed by atoms with Crippen molar-refractivity contribution in [2.24, 2.45) is 0 Å². The van der Waals surface area contributed by atoms with Gasteiger partial charge in [-0.3, -0.25) is 4.79 Å². The van der Waals surface area contributed by atoms with Gasteiger partial charge >= 0.3 is 0 Å². The first-order valence-electron chi connectivity index (χ1n) is 7.09. The van der Waals surface area contributed by atoms with Crippen LogP contribution in [0.3, 0.4) is 0 Å². The lowest BCUT2D eigenvalue weighted by Gasteiger charge is -2.09. The molecule has 2 rings (SSSR count). The third-order valence-electron chi connectivity index (χ3n) is 3.16. The molecule has 1 aromatic carbocycles. The number of hydrogen-bond acceptors (Lipinski definition) is 4. The zero-order valence-electron chi connectivity index (χ0n) is 12.3. The number of rotatable bonds is 6. The predicted molar refractivity (Wildman–Crippen MR) is 81.6 cm³/mol. The quantitative estimate of drug-likeness (QED) is 0.853. The molecule has 0 amide bonds. The van der Waals surface area contributed by atoms with Crippen LogP contribution in [0.4, 0.5) is 0 Å². The second-order valence-corrected chi connectivity index (χ2v) is 4.83. The average molecular weight is 288 g/mol. The van der Waals surface area contributed by atoms with E-state index in [1.165, 1.54) is 0 Å². The molecule has 21 heavy (non-hydrogen) atoms. The molecule has 0 radical (unpaired) electrons. The maximum Gasteiger partial charge on any atom is 0.254 e. The minimum atomic E-state index is -0.202. The molecule has 112 valence electrons. The van der Waals surface area contributed by atoms with Gasteiger partial charge in [-0.05, 0) is 25.5 Å². The smallest absolute Gasteiger partial charge is 0.254 e. The molecular weight excluding hydrogens is 268 g/mol. The number of ether oxygens (including phenoxy) is 1. The van der Waals surface area contributed by atoms with Crippen molar-refractivity contribution < 1.29 is 9.84 Å². The number of nitrogens with zero attached hydrogens (tertiary/aromatic N) is 1. The highest BCUT2D eigenvalue weighted by Gasteiger charge is 2.09. The second kappa shape index (κ2) is 7.04. The minimum absolute atomic E-state index is 0.0642. The Bertz CT molecular complexity index is 665. The lowest BCUT2D eigenvalue weighted by Crippen LogP contribution is -2.18. The highest BCUT2D eigenvalue weighted by atomic mass is 16.5. The van der Waals surface area contributed by atoms with E-state index < -0.39 is 0 Å². The third-order valence-corrected chi connectivity index (χ3v) is 3.16. The Labute approximate surface area is 123 Å². The second-order valence-electron chi connectivity index (χ2n) is 4.83. The fraction of sp³-hybridized carbons (Fsp3) is 0.375. The van der Waals surface area contributed by atoms with Crippen molar-refractivity contribution in [2.75, 3.05) is 13.2 Å². The molecule has 1 heterocycles. The molecule has 0 saturated carbocycles. The van der Waals surface area contributed by atoms with Crippen molar-refractivity contribution in [3.63, 3.8) is 0 Å². The number of benzene rings is 1. The van der Waals surface area contributed by atoms with Gasteiger partial charge in [0.25, 0.3) is 5.56 Å². The van der Waals surface area contributed by atoms with Crippen LogP contribution in [0.5, 0.6) is 5.75 Å². The molecule has 5 nitrogen and oxygen atoms in total. The SMILES string of the molecule is CCCOc1cccc(-c2nc(C)c(CCO)c(=O)[nH]2)c1. The van der Waals surface area contributed by atoms with Crippen molar-refractivity contribution in [3.8, 4) is 17.1 Å². The fourth-order valence-corrected chi connectivity index (χ4v) is 2.11. The Hall–Kier alpha value is -2.14. The van der Waals surface area contributed by atoms with E-state index in [1.807, 2.05) is 31.2 Å². The minimum Gasteiger partial charge on any atom is -0.494 e. The van der Waals surface area contributed by atoms with Gasteiger partial charge in [0.1, 0.15) is 11.6 Å². The van der Waals surface area contributed by atoms with E-state index in [0.717, 1.165) is 17.7 Å². The normalized spacial score (nSPS) is 10.6. The first kappa shape index (κ1) is 15.3. The van der Waals surface area contributed by atoms with Crippen molar-refractivity contribution >= 4 is 0 Å². The molecule has 0 saturated heterocycles. The van der Waals surface area contributed by atoms with Gasteiger partial charge in [-0.25, -0.2) is 4.98 Å². The summed E-state index contributed by atoms with van der Waals surface area (Å²) in [6.07, 6.45) is 1.25. The Balaban J connectivity index is 2.36. The molecule has 2 aromatic rings. The molecule has 0 fully saturated rings. The van der Waals surface area contributed by atoms with E-state index in [2.05, 4.69) is 9.97 Å². The molecular formula is C16H20N2O3. The van der Waals surface area contributed by atoms with E-state index in [0.29, 0.717) is 30.1 Å². The average Bonchev–Trinajstić information content (AvgIpc) is 2.49. The molecule has 0 aliphatic heterocycles. The van der Waals surface area contributed by atoms with Crippen LogP contribution in [0.1, 0.15) is 24.6 Å². The van der Waals surface area contributed by atoms with Crippen molar-refractivity contribution in [2.45, 2.75) is 26.7 Å². The molecule has 5 heteroatoms. The number of nitrogens with one attached hydrogen (secondary N) is 1. The summed E-state index contributed by atoms with van der Waals surface area (Å²) in [6, 6.07) is 7.49. The highest BCUT2D eigenvalue weighted by molar-refractivity contribution is 5.57. The molecule has 0 unspecified atom stereocenters. The molecule has 2 N–H and O–H groups in total. The van der Waals surface area contributed by atoms with Crippen molar-refractivity contribution in [1.29, 1.82) is 0 Å². The Kier molecular flexibility index (Phi) is 5.11. The number of aliphatic hydroxyl groups excluding tert-OH is 1. The summed E-state index contributed by atoms with van der Waals surface area (Å²) in [7, 11) is 0. The molecule has 0 aliphatic carbocycles. The van der Waals surface area contributed by atoms with E-state index >= 15 is 0 Å². The zero-order chi connectivity index (χ0) is 15.2. The van der Waals surface area contributed by atoms with Crippen LogP contribution in [0.25, 0.3) is 11.4 Å². The third kappa shape index (κ3) is 3.70. The molecule has 0 aliphatic rings. The van der Waals surface area contributed by atoms with E-state index in [1.54, 1.807) is 6.92 Å². The maximum absolute atomic E-state index is 12.0. The van der Waals surface area contributed by atoms with E-state index in [4.69, 9.17) is 9.84 Å². The number of aromatic amines is 1. The largest absolute Gasteiger partial charge is 0.494 e.